The van der Waals surface area contributed by atoms with Crippen molar-refractivity contribution in [1.29, 1.82) is 0 Å². The van der Waals surface area contributed by atoms with Gasteiger partial charge in [0.2, 0.25) is 0 Å². The highest BCUT2D eigenvalue weighted by Crippen LogP contribution is 1.77. The first-order valence-corrected chi connectivity index (χ1v) is 5.02. The van der Waals surface area contributed by atoms with Crippen molar-refractivity contribution < 1.29 is 9.90 Å². The summed E-state index contributed by atoms with van der Waals surface area (Å²) in [7, 11) is 0. The van der Waals surface area contributed by atoms with Gasteiger partial charge in [0.15, 0.2) is 0 Å². The maximum Gasteiger partial charge on any atom is 0.317 e. The fourth-order valence-corrected chi connectivity index (χ4v) is 0. The second kappa shape index (κ2) is 22.5. The van der Waals surface area contributed by atoms with Gasteiger partial charge in [-0.25, -0.2) is 0 Å². The number of rotatable bonds is 3. The maximum absolute atomic E-state index is 9.24. The zero-order chi connectivity index (χ0) is 11.1. The van der Waals surface area contributed by atoms with Gasteiger partial charge >= 0.3 is 5.97 Å². The third-order valence-corrected chi connectivity index (χ3v) is 1.17. The fraction of sp³-hybridized carbons (Fsp3) is 0.900. The van der Waals surface area contributed by atoms with E-state index < -0.39 is 5.97 Å². The van der Waals surface area contributed by atoms with Gasteiger partial charge in [-0.3, -0.25) is 4.79 Å². The van der Waals surface area contributed by atoms with Crippen LogP contribution in [-0.4, -0.2) is 17.6 Å². The van der Waals surface area contributed by atoms with Crippen LogP contribution in [0.2, 0.25) is 0 Å². The normalized spacial score (nSPS) is 7.46. The Kier molecular flexibility index (Phi) is 31.6. The second-order valence-corrected chi connectivity index (χ2v) is 2.60. The zero-order valence-electron chi connectivity index (χ0n) is 9.47. The van der Waals surface area contributed by atoms with E-state index in [1.54, 1.807) is 0 Å². The third-order valence-electron chi connectivity index (χ3n) is 1.17. The summed E-state index contributed by atoms with van der Waals surface area (Å²) in [5, 5.41) is 7.60. The van der Waals surface area contributed by atoms with Gasteiger partial charge in [-0.15, -0.1) is 0 Å². The Balaban J connectivity index is -0.000000117. The van der Waals surface area contributed by atoms with Gasteiger partial charge < -0.3 is 10.8 Å². The van der Waals surface area contributed by atoms with Crippen molar-refractivity contribution in [3.05, 3.63) is 0 Å². The minimum atomic E-state index is -0.968. The molecule has 3 N–H and O–H groups in total. The smallest absolute Gasteiger partial charge is 0.317 e. The quantitative estimate of drug-likeness (QED) is 0.720. The lowest BCUT2D eigenvalue weighted by Gasteiger charge is -1.73. The molecule has 13 heavy (non-hydrogen) atoms. The van der Waals surface area contributed by atoms with E-state index in [0.717, 1.165) is 0 Å². The first-order valence-electron chi connectivity index (χ1n) is 5.02. The van der Waals surface area contributed by atoms with E-state index in [1.807, 2.05) is 0 Å². The number of carboxylic acids is 1. The Bertz CT molecular complexity index is 77.0. The lowest BCUT2D eigenvalue weighted by Crippen LogP contribution is -2.10. The first kappa shape index (κ1) is 18.3. The molecule has 0 amide bonds. The lowest BCUT2D eigenvalue weighted by molar-refractivity contribution is -0.135. The Morgan fingerprint density at radius 3 is 1.15 bits per heavy atom. The molecule has 0 aromatic rings. The summed E-state index contributed by atoms with van der Waals surface area (Å²) in [4.78, 5) is 9.24. The van der Waals surface area contributed by atoms with Crippen LogP contribution in [0.3, 0.4) is 0 Å². The van der Waals surface area contributed by atoms with E-state index in [4.69, 9.17) is 5.11 Å². The molecule has 0 fully saturated rings. The summed E-state index contributed by atoms with van der Waals surface area (Å²) >= 11 is 0. The van der Waals surface area contributed by atoms with Crippen molar-refractivity contribution in [3.8, 4) is 0 Å². The molecule has 0 aromatic heterocycles. The topological polar surface area (TPSA) is 63.3 Å². The molecule has 82 valence electrons. The number of hydrogen-bond donors (Lipinski definition) is 2. The van der Waals surface area contributed by atoms with Crippen LogP contribution in [0.25, 0.3) is 0 Å². The van der Waals surface area contributed by atoms with Crippen LogP contribution in [0.15, 0.2) is 0 Å². The van der Waals surface area contributed by atoms with Gasteiger partial charge in [0, 0.05) is 0 Å². The van der Waals surface area contributed by atoms with Crippen molar-refractivity contribution in [2.45, 2.75) is 53.4 Å². The molecule has 0 bridgehead atoms. The summed E-state index contributed by atoms with van der Waals surface area (Å²) < 4.78 is 0. The number of carboxylic acid groups (broad SMARTS) is 1. The van der Waals surface area contributed by atoms with E-state index in [-0.39, 0.29) is 6.54 Å². The molecule has 0 aliphatic carbocycles. The van der Waals surface area contributed by atoms with Crippen molar-refractivity contribution in [2.24, 2.45) is 5.73 Å². The Labute approximate surface area is 82.3 Å². The Morgan fingerprint density at radius 1 is 1.00 bits per heavy atom. The summed E-state index contributed by atoms with van der Waals surface area (Å²) in [5.41, 5.74) is 4.57. The van der Waals surface area contributed by atoms with Gasteiger partial charge in [0.1, 0.15) is 0 Å². The van der Waals surface area contributed by atoms with Crippen molar-refractivity contribution in [2.75, 3.05) is 6.54 Å². The van der Waals surface area contributed by atoms with Gasteiger partial charge in [-0.2, -0.15) is 0 Å². The molecule has 0 radical (unpaired) electrons. The molecule has 3 heteroatoms. The standard InChI is InChI=1S/2C4H10.C2H5NO2/c2*1-3-4-2;3-1-2(4)5/h2*3-4H2,1-2H3;1,3H2,(H,4,5). The Hall–Kier alpha value is -0.570. The average Bonchev–Trinajstić information content (AvgIpc) is 2.18. The third kappa shape index (κ3) is 86.4. The van der Waals surface area contributed by atoms with E-state index in [1.165, 1.54) is 25.7 Å². The van der Waals surface area contributed by atoms with E-state index in [9.17, 15) is 4.79 Å². The molecule has 0 saturated carbocycles. The molecular weight excluding hydrogens is 166 g/mol. The highest BCUT2D eigenvalue weighted by Gasteiger charge is 1.81. The summed E-state index contributed by atoms with van der Waals surface area (Å²) in [6, 6.07) is 0. The average molecular weight is 191 g/mol. The van der Waals surface area contributed by atoms with Gasteiger partial charge in [-0.1, -0.05) is 53.4 Å². The monoisotopic (exact) mass is 191 g/mol. The van der Waals surface area contributed by atoms with Crippen LogP contribution in [0.4, 0.5) is 0 Å². The van der Waals surface area contributed by atoms with Crippen LogP contribution in [0.5, 0.6) is 0 Å². The van der Waals surface area contributed by atoms with Gasteiger partial charge in [-0.05, 0) is 0 Å². The Morgan fingerprint density at radius 2 is 1.15 bits per heavy atom. The summed E-state index contributed by atoms with van der Waals surface area (Å²) in [6.07, 6.45) is 5.28. The molecule has 0 aliphatic heterocycles. The zero-order valence-corrected chi connectivity index (χ0v) is 9.47. The molecule has 0 spiro atoms. The minimum absolute atomic E-state index is 0.278. The SMILES string of the molecule is CCCC.CCCC.NCC(=O)O. The van der Waals surface area contributed by atoms with Crippen LogP contribution >= 0.6 is 0 Å². The summed E-state index contributed by atoms with van der Waals surface area (Å²) in [5.74, 6) is -0.968. The number of hydrogen-bond acceptors (Lipinski definition) is 2. The highest BCUT2D eigenvalue weighted by molar-refractivity contribution is 5.68. The first-order chi connectivity index (χ1) is 6.10. The number of carbonyl (C=O) groups is 1. The number of unbranched alkanes of at least 4 members (excludes halogenated alkanes) is 2. The predicted octanol–water partition coefficient (Wildman–Crippen LogP) is 2.64. The lowest BCUT2D eigenvalue weighted by atomic mass is 10.4. The molecule has 0 heterocycles. The van der Waals surface area contributed by atoms with Crippen LogP contribution in [0, 0.1) is 0 Å². The van der Waals surface area contributed by atoms with Crippen molar-refractivity contribution in [3.63, 3.8) is 0 Å². The fourth-order valence-electron chi connectivity index (χ4n) is 0. The molecule has 0 saturated heterocycles. The van der Waals surface area contributed by atoms with E-state index in [2.05, 4.69) is 33.4 Å². The van der Waals surface area contributed by atoms with Crippen LogP contribution in [-0.2, 0) is 4.79 Å². The van der Waals surface area contributed by atoms with Crippen LogP contribution < -0.4 is 5.73 Å². The van der Waals surface area contributed by atoms with Crippen molar-refractivity contribution in [1.82, 2.24) is 0 Å². The second-order valence-electron chi connectivity index (χ2n) is 2.60. The largest absolute Gasteiger partial charge is 0.480 e. The van der Waals surface area contributed by atoms with Crippen LogP contribution in [0.1, 0.15) is 53.4 Å². The molecule has 3 nitrogen and oxygen atoms in total. The number of nitrogens with two attached hydrogens (primary N) is 1. The number of aliphatic carboxylic acids is 1. The predicted molar refractivity (Wildman–Crippen MR) is 57.9 cm³/mol. The van der Waals surface area contributed by atoms with Crippen molar-refractivity contribution >= 4 is 5.97 Å². The molecule has 0 unspecified atom stereocenters. The molecule has 0 aromatic carbocycles. The van der Waals surface area contributed by atoms with E-state index >= 15 is 0 Å². The summed E-state index contributed by atoms with van der Waals surface area (Å²) in [6.45, 7) is 8.44. The maximum atomic E-state index is 9.24. The minimum Gasteiger partial charge on any atom is -0.480 e. The highest BCUT2D eigenvalue weighted by atomic mass is 16.4. The molecule has 0 rings (SSSR count). The molecule has 0 atom stereocenters. The van der Waals surface area contributed by atoms with Gasteiger partial charge in [0.05, 0.1) is 6.54 Å². The van der Waals surface area contributed by atoms with E-state index in [0.29, 0.717) is 0 Å². The van der Waals surface area contributed by atoms with Gasteiger partial charge in [0.25, 0.3) is 0 Å². The molecular formula is C10H25NO2. The molecule has 0 aliphatic rings.